The summed E-state index contributed by atoms with van der Waals surface area (Å²) in [5.74, 6) is 0.439. The number of aryl methyl sites for hydroxylation is 2. The van der Waals surface area contributed by atoms with Crippen LogP contribution in [-0.2, 0) is 6.54 Å². The van der Waals surface area contributed by atoms with Crippen LogP contribution in [0.15, 0.2) is 6.20 Å². The summed E-state index contributed by atoms with van der Waals surface area (Å²) in [4.78, 5) is 5.62. The van der Waals surface area contributed by atoms with E-state index in [1.54, 1.807) is 22.2 Å². The highest BCUT2D eigenvalue weighted by Crippen LogP contribution is 2.17. The molecule has 2 rings (SSSR count). The molecule has 74 valence electrons. The number of hydrogen-bond acceptors (Lipinski definition) is 5. The van der Waals surface area contributed by atoms with Crippen LogP contribution in [0.2, 0.25) is 0 Å². The third-order valence-electron chi connectivity index (χ3n) is 1.87. The first-order valence-electron chi connectivity index (χ1n) is 4.23. The van der Waals surface area contributed by atoms with Crippen molar-refractivity contribution in [3.63, 3.8) is 0 Å². The number of aromatic nitrogens is 4. The molecule has 0 aromatic carbocycles. The molecular formula is C8H11N5S. The first kappa shape index (κ1) is 9.14. The highest BCUT2D eigenvalue weighted by atomic mass is 32.1. The molecule has 0 aliphatic carbocycles. The summed E-state index contributed by atoms with van der Waals surface area (Å²) < 4.78 is 1.69. The van der Waals surface area contributed by atoms with Gasteiger partial charge in [-0.05, 0) is 13.8 Å². The summed E-state index contributed by atoms with van der Waals surface area (Å²) in [6, 6.07) is 0. The maximum Gasteiger partial charge on any atom is 0.165 e. The Hall–Kier alpha value is -1.43. The molecule has 0 saturated heterocycles. The van der Waals surface area contributed by atoms with E-state index in [-0.39, 0.29) is 0 Å². The van der Waals surface area contributed by atoms with Crippen LogP contribution >= 0.6 is 11.3 Å². The summed E-state index contributed by atoms with van der Waals surface area (Å²) in [6.45, 7) is 4.69. The number of nitrogens with two attached hydrogens (primary N) is 1. The Morgan fingerprint density at radius 1 is 1.50 bits per heavy atom. The van der Waals surface area contributed by atoms with Gasteiger partial charge in [-0.2, -0.15) is 0 Å². The Kier molecular flexibility index (Phi) is 2.20. The van der Waals surface area contributed by atoms with Gasteiger partial charge in [0, 0.05) is 4.88 Å². The molecule has 5 nitrogen and oxygen atoms in total. The number of thiazole rings is 1. The Bertz CT molecular complexity index is 444. The number of anilines is 1. The Morgan fingerprint density at radius 3 is 2.79 bits per heavy atom. The molecule has 2 N–H and O–H groups in total. The van der Waals surface area contributed by atoms with E-state index in [1.807, 2.05) is 6.92 Å². The molecule has 0 radical (unpaired) electrons. The molecule has 0 spiro atoms. The lowest BCUT2D eigenvalue weighted by Crippen LogP contribution is -2.02. The van der Waals surface area contributed by atoms with Crippen LogP contribution in [0.3, 0.4) is 0 Å². The van der Waals surface area contributed by atoms with Gasteiger partial charge in [0.05, 0.1) is 23.4 Å². The van der Waals surface area contributed by atoms with E-state index < -0.39 is 0 Å². The zero-order valence-electron chi connectivity index (χ0n) is 8.06. The summed E-state index contributed by atoms with van der Waals surface area (Å²) in [6.07, 6.45) is 1.70. The molecule has 0 aliphatic heterocycles. The molecule has 0 amide bonds. The fourth-order valence-corrected chi connectivity index (χ4v) is 2.09. The minimum atomic E-state index is 0.439. The van der Waals surface area contributed by atoms with E-state index in [0.29, 0.717) is 12.4 Å². The molecule has 2 aromatic heterocycles. The first-order chi connectivity index (χ1) is 6.65. The van der Waals surface area contributed by atoms with Crippen molar-refractivity contribution < 1.29 is 0 Å². The smallest absolute Gasteiger partial charge is 0.165 e. The van der Waals surface area contributed by atoms with Gasteiger partial charge in [-0.1, -0.05) is 5.21 Å². The van der Waals surface area contributed by atoms with Gasteiger partial charge in [-0.25, -0.2) is 9.67 Å². The van der Waals surface area contributed by atoms with E-state index >= 15 is 0 Å². The van der Waals surface area contributed by atoms with Crippen LogP contribution in [0.4, 0.5) is 5.82 Å². The summed E-state index contributed by atoms with van der Waals surface area (Å²) in [7, 11) is 0. The van der Waals surface area contributed by atoms with Crippen LogP contribution in [0.5, 0.6) is 0 Å². The highest BCUT2D eigenvalue weighted by Gasteiger charge is 2.06. The Morgan fingerprint density at radius 2 is 2.29 bits per heavy atom. The Labute approximate surface area is 85.6 Å². The largest absolute Gasteiger partial charge is 0.381 e. The average molecular weight is 209 g/mol. The van der Waals surface area contributed by atoms with E-state index in [2.05, 4.69) is 22.2 Å². The second-order valence-electron chi connectivity index (χ2n) is 3.08. The molecule has 14 heavy (non-hydrogen) atoms. The zero-order chi connectivity index (χ0) is 10.1. The zero-order valence-corrected chi connectivity index (χ0v) is 8.88. The summed E-state index contributed by atoms with van der Waals surface area (Å²) >= 11 is 1.69. The van der Waals surface area contributed by atoms with Gasteiger partial charge >= 0.3 is 0 Å². The molecular weight excluding hydrogens is 198 g/mol. The minimum Gasteiger partial charge on any atom is -0.381 e. The lowest BCUT2D eigenvalue weighted by atomic mass is 10.4. The van der Waals surface area contributed by atoms with E-state index in [4.69, 9.17) is 5.73 Å². The normalized spacial score (nSPS) is 10.7. The topological polar surface area (TPSA) is 69.6 Å². The van der Waals surface area contributed by atoms with Gasteiger partial charge in [0.25, 0.3) is 0 Å². The third kappa shape index (κ3) is 1.74. The maximum absolute atomic E-state index is 5.46. The molecule has 2 aromatic rings. The summed E-state index contributed by atoms with van der Waals surface area (Å²) in [5, 5.41) is 8.66. The van der Waals surface area contributed by atoms with Crippen molar-refractivity contribution in [3.05, 3.63) is 21.8 Å². The molecule has 0 bridgehead atoms. The minimum absolute atomic E-state index is 0.439. The number of nitrogen functional groups attached to an aromatic ring is 1. The number of hydrogen-bond donors (Lipinski definition) is 1. The quantitative estimate of drug-likeness (QED) is 0.800. The fraction of sp³-hybridized carbons (Fsp3) is 0.375. The Balaban J connectivity index is 2.22. The van der Waals surface area contributed by atoms with Crippen molar-refractivity contribution in [2.45, 2.75) is 20.4 Å². The van der Waals surface area contributed by atoms with Crippen molar-refractivity contribution in [1.29, 1.82) is 0 Å². The van der Waals surface area contributed by atoms with Crippen LogP contribution in [-0.4, -0.2) is 20.0 Å². The van der Waals surface area contributed by atoms with Crippen LogP contribution < -0.4 is 5.73 Å². The van der Waals surface area contributed by atoms with E-state index in [9.17, 15) is 0 Å². The van der Waals surface area contributed by atoms with E-state index in [1.165, 1.54) is 4.88 Å². The molecule has 0 fully saturated rings. The van der Waals surface area contributed by atoms with Crippen molar-refractivity contribution in [2.75, 3.05) is 5.73 Å². The first-order valence-corrected chi connectivity index (χ1v) is 5.05. The van der Waals surface area contributed by atoms with Gasteiger partial charge < -0.3 is 5.73 Å². The van der Waals surface area contributed by atoms with Crippen molar-refractivity contribution in [3.8, 4) is 0 Å². The second-order valence-corrected chi connectivity index (χ2v) is 4.48. The van der Waals surface area contributed by atoms with Gasteiger partial charge in [-0.3, -0.25) is 0 Å². The molecule has 2 heterocycles. The van der Waals surface area contributed by atoms with Crippen molar-refractivity contribution >= 4 is 17.2 Å². The second kappa shape index (κ2) is 3.38. The number of nitrogens with zero attached hydrogens (tertiary/aromatic N) is 4. The third-order valence-corrected chi connectivity index (χ3v) is 2.80. The lowest BCUT2D eigenvalue weighted by Gasteiger charge is -1.96. The predicted molar refractivity (Wildman–Crippen MR) is 55.1 cm³/mol. The van der Waals surface area contributed by atoms with Gasteiger partial charge in [0.1, 0.15) is 0 Å². The number of rotatable bonds is 2. The predicted octanol–water partition coefficient (Wildman–Crippen LogP) is 0.982. The van der Waals surface area contributed by atoms with E-state index in [0.717, 1.165) is 10.7 Å². The summed E-state index contributed by atoms with van der Waals surface area (Å²) in [5.41, 5.74) is 6.50. The van der Waals surface area contributed by atoms with Gasteiger partial charge in [-0.15, -0.1) is 16.4 Å². The van der Waals surface area contributed by atoms with Crippen molar-refractivity contribution in [1.82, 2.24) is 20.0 Å². The van der Waals surface area contributed by atoms with Gasteiger partial charge in [0.15, 0.2) is 5.82 Å². The molecule has 0 aliphatic rings. The van der Waals surface area contributed by atoms with Crippen LogP contribution in [0, 0.1) is 13.8 Å². The molecule has 0 unspecified atom stereocenters. The SMILES string of the molecule is Cc1nc(Cn2cc(N)nn2)c(C)s1. The van der Waals surface area contributed by atoms with Crippen molar-refractivity contribution in [2.24, 2.45) is 0 Å². The maximum atomic E-state index is 5.46. The highest BCUT2D eigenvalue weighted by molar-refractivity contribution is 7.11. The molecule has 0 atom stereocenters. The fourth-order valence-electron chi connectivity index (χ4n) is 1.26. The molecule has 6 heteroatoms. The lowest BCUT2D eigenvalue weighted by molar-refractivity contribution is 0.638. The van der Waals surface area contributed by atoms with Crippen LogP contribution in [0.25, 0.3) is 0 Å². The standard InChI is InChI=1S/C8H11N5S/c1-5-7(10-6(2)14-5)3-13-4-8(9)11-12-13/h4H,3,9H2,1-2H3. The van der Waals surface area contributed by atoms with Crippen LogP contribution in [0.1, 0.15) is 15.6 Å². The monoisotopic (exact) mass is 209 g/mol. The average Bonchev–Trinajstić information content (AvgIpc) is 2.61. The molecule has 0 saturated carbocycles. The van der Waals surface area contributed by atoms with Gasteiger partial charge in [0.2, 0.25) is 0 Å².